The number of hydrogen-bond donors (Lipinski definition) is 0. The average molecular weight is 240 g/mol. The zero-order valence-electron chi connectivity index (χ0n) is 9.73. The van der Waals surface area contributed by atoms with Crippen LogP contribution in [0.1, 0.15) is 30.4 Å². The van der Waals surface area contributed by atoms with Gasteiger partial charge in [-0.15, -0.1) is 0 Å². The summed E-state index contributed by atoms with van der Waals surface area (Å²) in [6.07, 6.45) is 2.53. The second-order valence-electron chi connectivity index (χ2n) is 4.09. The molecule has 0 aliphatic heterocycles. The molecule has 0 aliphatic carbocycles. The molecule has 0 aromatic heterocycles. The van der Waals surface area contributed by atoms with Gasteiger partial charge in [0.2, 0.25) is 0 Å². The van der Waals surface area contributed by atoms with Gasteiger partial charge in [-0.25, -0.2) is 8.42 Å². The molecular weight excluding hydrogens is 224 g/mol. The fraction of sp³-hybridized carbons (Fsp3) is 0.417. The molecule has 0 amide bonds. The number of rotatable bonds is 4. The van der Waals surface area contributed by atoms with Crippen LogP contribution < -0.4 is 0 Å². The van der Waals surface area contributed by atoms with Crippen LogP contribution in [0.2, 0.25) is 0 Å². The number of aryl methyl sites for hydroxylation is 1. The fourth-order valence-electron chi connectivity index (χ4n) is 1.70. The maximum absolute atomic E-state index is 11.3. The van der Waals surface area contributed by atoms with Crippen LogP contribution in [0, 0.1) is 6.92 Å². The molecule has 0 N–H and O–H groups in total. The van der Waals surface area contributed by atoms with E-state index in [4.69, 9.17) is 0 Å². The second-order valence-corrected chi connectivity index (χ2v) is 6.11. The molecule has 88 valence electrons. The van der Waals surface area contributed by atoms with Crippen molar-refractivity contribution in [3.63, 3.8) is 0 Å². The van der Waals surface area contributed by atoms with Crippen molar-refractivity contribution in [1.82, 2.24) is 0 Å². The molecule has 0 saturated heterocycles. The Balaban J connectivity index is 3.14. The van der Waals surface area contributed by atoms with Crippen molar-refractivity contribution in [2.75, 3.05) is 6.26 Å². The molecule has 0 spiro atoms. The first kappa shape index (κ1) is 12.9. The van der Waals surface area contributed by atoms with Crippen LogP contribution in [0.3, 0.4) is 0 Å². The van der Waals surface area contributed by atoms with Gasteiger partial charge in [-0.2, -0.15) is 0 Å². The number of carbonyl (C=O) groups excluding carboxylic acids is 1. The lowest BCUT2D eigenvalue weighted by Crippen LogP contribution is -2.02. The van der Waals surface area contributed by atoms with Crippen LogP contribution in [0.5, 0.6) is 0 Å². The first-order valence-electron chi connectivity index (χ1n) is 5.10. The molecule has 3 nitrogen and oxygen atoms in total. The lowest BCUT2D eigenvalue weighted by molar-refractivity contribution is -0.108. The zero-order chi connectivity index (χ0) is 12.3. The Labute approximate surface area is 96.4 Å². The summed E-state index contributed by atoms with van der Waals surface area (Å²) in [6, 6.07) is 5.05. The number of benzene rings is 1. The molecule has 1 atom stereocenters. The van der Waals surface area contributed by atoms with Crippen molar-refractivity contribution >= 4 is 16.1 Å². The maximum Gasteiger partial charge on any atom is 0.175 e. The minimum absolute atomic E-state index is 0.131. The van der Waals surface area contributed by atoms with Gasteiger partial charge in [0, 0.05) is 12.7 Å². The molecule has 16 heavy (non-hydrogen) atoms. The van der Waals surface area contributed by atoms with E-state index >= 15 is 0 Å². The lowest BCUT2D eigenvalue weighted by atomic mass is 9.94. The molecule has 0 fully saturated rings. The van der Waals surface area contributed by atoms with Gasteiger partial charge in [-0.3, -0.25) is 0 Å². The Morgan fingerprint density at radius 3 is 2.44 bits per heavy atom. The lowest BCUT2D eigenvalue weighted by Gasteiger charge is -2.12. The van der Waals surface area contributed by atoms with Gasteiger partial charge < -0.3 is 4.79 Å². The first-order valence-corrected chi connectivity index (χ1v) is 6.99. The predicted octanol–water partition coefficient (Wildman–Crippen LogP) is 2.09. The maximum atomic E-state index is 11.3. The van der Waals surface area contributed by atoms with E-state index in [1.165, 1.54) is 6.26 Å². The molecule has 4 heteroatoms. The predicted molar refractivity (Wildman–Crippen MR) is 63.4 cm³/mol. The van der Waals surface area contributed by atoms with Crippen LogP contribution in [0.25, 0.3) is 0 Å². The highest BCUT2D eigenvalue weighted by atomic mass is 32.2. The van der Waals surface area contributed by atoms with Crippen LogP contribution in [-0.2, 0) is 14.6 Å². The Morgan fingerprint density at radius 2 is 2.00 bits per heavy atom. The van der Waals surface area contributed by atoms with Crippen LogP contribution in [-0.4, -0.2) is 21.0 Å². The van der Waals surface area contributed by atoms with E-state index in [2.05, 4.69) is 0 Å². The molecule has 0 heterocycles. The molecule has 1 unspecified atom stereocenters. The summed E-state index contributed by atoms with van der Waals surface area (Å²) < 4.78 is 22.7. The van der Waals surface area contributed by atoms with Crippen molar-refractivity contribution in [3.8, 4) is 0 Å². The Bertz CT molecular complexity index is 489. The summed E-state index contributed by atoms with van der Waals surface area (Å²) in [5.74, 6) is 0.131. The number of hydrogen-bond acceptors (Lipinski definition) is 3. The molecule has 1 rings (SSSR count). The number of carbonyl (C=O) groups is 1. The quantitative estimate of drug-likeness (QED) is 0.757. The van der Waals surface area contributed by atoms with E-state index in [-0.39, 0.29) is 5.92 Å². The minimum atomic E-state index is -3.15. The summed E-state index contributed by atoms with van der Waals surface area (Å²) in [5.41, 5.74) is 1.94. The standard InChI is InChI=1S/C12H16O3S/c1-9(6-7-13)12-5-4-11(8-10(12)2)16(3,14)15/h4-5,7-9H,6H2,1-3H3. The van der Waals surface area contributed by atoms with Crippen LogP contribution >= 0.6 is 0 Å². The summed E-state index contributed by atoms with van der Waals surface area (Å²) in [4.78, 5) is 10.8. The van der Waals surface area contributed by atoms with Gasteiger partial charge in [-0.1, -0.05) is 13.0 Å². The van der Waals surface area contributed by atoms with E-state index in [0.717, 1.165) is 17.4 Å². The number of sulfone groups is 1. The van der Waals surface area contributed by atoms with Crippen LogP contribution in [0.15, 0.2) is 23.1 Å². The van der Waals surface area contributed by atoms with Gasteiger partial charge in [0.15, 0.2) is 9.84 Å². The highest BCUT2D eigenvalue weighted by Gasteiger charge is 2.12. The fourth-order valence-corrected chi connectivity index (χ4v) is 2.41. The number of aldehydes is 1. The summed E-state index contributed by atoms with van der Waals surface area (Å²) in [5, 5.41) is 0. The molecule has 1 aromatic rings. The Kier molecular flexibility index (Phi) is 3.86. The minimum Gasteiger partial charge on any atom is -0.303 e. The van der Waals surface area contributed by atoms with Crippen molar-refractivity contribution in [2.24, 2.45) is 0 Å². The third-order valence-electron chi connectivity index (χ3n) is 2.65. The average Bonchev–Trinajstić information content (AvgIpc) is 2.16. The van der Waals surface area contributed by atoms with E-state index in [0.29, 0.717) is 11.3 Å². The molecule has 0 bridgehead atoms. The normalized spacial score (nSPS) is 13.4. The monoisotopic (exact) mass is 240 g/mol. The van der Waals surface area contributed by atoms with E-state index in [9.17, 15) is 13.2 Å². The summed E-state index contributed by atoms with van der Waals surface area (Å²) in [7, 11) is -3.15. The topological polar surface area (TPSA) is 51.2 Å². The highest BCUT2D eigenvalue weighted by molar-refractivity contribution is 7.90. The van der Waals surface area contributed by atoms with Crippen LogP contribution in [0.4, 0.5) is 0 Å². The van der Waals surface area contributed by atoms with Crippen molar-refractivity contribution in [1.29, 1.82) is 0 Å². The van der Waals surface area contributed by atoms with Crippen molar-refractivity contribution in [2.45, 2.75) is 31.1 Å². The summed E-state index contributed by atoms with van der Waals surface area (Å²) in [6.45, 7) is 3.82. The second kappa shape index (κ2) is 4.78. The van der Waals surface area contributed by atoms with E-state index in [1.54, 1.807) is 18.2 Å². The summed E-state index contributed by atoms with van der Waals surface area (Å²) >= 11 is 0. The van der Waals surface area contributed by atoms with Gasteiger partial charge >= 0.3 is 0 Å². The van der Waals surface area contributed by atoms with Gasteiger partial charge in [0.25, 0.3) is 0 Å². The SMILES string of the molecule is Cc1cc(S(C)(=O)=O)ccc1C(C)CC=O. The van der Waals surface area contributed by atoms with Gasteiger partial charge in [-0.05, 0) is 36.1 Å². The molecular formula is C12H16O3S. The first-order chi connectivity index (χ1) is 7.36. The van der Waals surface area contributed by atoms with Gasteiger partial charge in [0.1, 0.15) is 6.29 Å². The van der Waals surface area contributed by atoms with Gasteiger partial charge in [0.05, 0.1) is 4.90 Å². The molecule has 0 aliphatic rings. The molecule has 0 saturated carbocycles. The Hall–Kier alpha value is -1.16. The van der Waals surface area contributed by atoms with Crippen molar-refractivity contribution in [3.05, 3.63) is 29.3 Å². The molecule has 0 radical (unpaired) electrons. The Morgan fingerprint density at radius 1 is 1.38 bits per heavy atom. The highest BCUT2D eigenvalue weighted by Crippen LogP contribution is 2.24. The van der Waals surface area contributed by atoms with Crippen molar-refractivity contribution < 1.29 is 13.2 Å². The van der Waals surface area contributed by atoms with E-state index < -0.39 is 9.84 Å². The third-order valence-corrected chi connectivity index (χ3v) is 3.76. The largest absolute Gasteiger partial charge is 0.303 e. The smallest absolute Gasteiger partial charge is 0.175 e. The third kappa shape index (κ3) is 2.92. The zero-order valence-corrected chi connectivity index (χ0v) is 10.5. The van der Waals surface area contributed by atoms with E-state index in [1.807, 2.05) is 13.8 Å². The molecule has 1 aromatic carbocycles.